The minimum atomic E-state index is -0.315. The summed E-state index contributed by atoms with van der Waals surface area (Å²) < 4.78 is 15.4. The van der Waals surface area contributed by atoms with Gasteiger partial charge >= 0.3 is 0 Å². The molecule has 0 unspecified atom stereocenters. The Kier molecular flexibility index (Phi) is 2.41. The van der Waals surface area contributed by atoms with E-state index in [2.05, 4.69) is 5.10 Å². The fraction of sp³-hybridized carbons (Fsp3) is 0.182. The van der Waals surface area contributed by atoms with Crippen molar-refractivity contribution in [3.8, 4) is 11.3 Å². The van der Waals surface area contributed by atoms with Gasteiger partial charge in [0, 0.05) is 24.0 Å². The molecule has 78 valence electrons. The van der Waals surface area contributed by atoms with Crippen LogP contribution in [0.25, 0.3) is 11.3 Å². The molecule has 2 N–H and O–H groups in total. The van der Waals surface area contributed by atoms with Gasteiger partial charge in [-0.2, -0.15) is 5.10 Å². The van der Waals surface area contributed by atoms with Crippen LogP contribution in [-0.2, 0) is 6.54 Å². The van der Waals surface area contributed by atoms with Crippen molar-refractivity contribution in [2.75, 3.05) is 5.73 Å². The normalized spacial score (nSPS) is 10.5. The molecule has 0 saturated carbocycles. The Morgan fingerprint density at radius 1 is 1.40 bits per heavy atom. The van der Waals surface area contributed by atoms with Crippen molar-refractivity contribution in [2.45, 2.75) is 13.5 Å². The van der Waals surface area contributed by atoms with Gasteiger partial charge in [-0.05, 0) is 31.2 Å². The molecule has 1 heterocycles. The topological polar surface area (TPSA) is 43.8 Å². The summed E-state index contributed by atoms with van der Waals surface area (Å²) in [7, 11) is 0. The molecule has 1 aromatic heterocycles. The number of rotatable bonds is 2. The number of hydrogen-bond acceptors (Lipinski definition) is 2. The van der Waals surface area contributed by atoms with Crippen molar-refractivity contribution < 1.29 is 4.39 Å². The second-order valence-corrected chi connectivity index (χ2v) is 3.27. The standard InChI is InChI=1S/C11H12FN3/c1-2-15-11(5-6-14-15)9-4-3-8(13)7-10(9)12/h3-7H,2,13H2,1H3. The maximum Gasteiger partial charge on any atom is 0.134 e. The van der Waals surface area contributed by atoms with Crippen LogP contribution >= 0.6 is 0 Å². The first-order chi connectivity index (χ1) is 7.22. The lowest BCUT2D eigenvalue weighted by Crippen LogP contribution is -2.00. The van der Waals surface area contributed by atoms with Gasteiger partial charge < -0.3 is 5.73 Å². The largest absolute Gasteiger partial charge is 0.399 e. The van der Waals surface area contributed by atoms with E-state index in [1.807, 2.05) is 6.92 Å². The average molecular weight is 205 g/mol. The minimum absolute atomic E-state index is 0.315. The van der Waals surface area contributed by atoms with Crippen LogP contribution < -0.4 is 5.73 Å². The van der Waals surface area contributed by atoms with E-state index in [0.29, 0.717) is 17.8 Å². The van der Waals surface area contributed by atoms with Crippen LogP contribution in [0.4, 0.5) is 10.1 Å². The van der Waals surface area contributed by atoms with Crippen molar-refractivity contribution in [2.24, 2.45) is 0 Å². The molecule has 0 saturated heterocycles. The Labute approximate surface area is 87.3 Å². The Morgan fingerprint density at radius 3 is 2.87 bits per heavy atom. The summed E-state index contributed by atoms with van der Waals surface area (Å²) in [4.78, 5) is 0. The zero-order valence-corrected chi connectivity index (χ0v) is 8.44. The van der Waals surface area contributed by atoms with E-state index < -0.39 is 0 Å². The highest BCUT2D eigenvalue weighted by molar-refractivity contribution is 5.63. The number of aryl methyl sites for hydroxylation is 1. The number of benzene rings is 1. The maximum absolute atomic E-state index is 13.6. The molecule has 0 aliphatic carbocycles. The van der Waals surface area contributed by atoms with Crippen LogP contribution in [0, 0.1) is 5.82 Å². The van der Waals surface area contributed by atoms with Gasteiger partial charge in [-0.3, -0.25) is 4.68 Å². The summed E-state index contributed by atoms with van der Waals surface area (Å²) in [6, 6.07) is 6.47. The first-order valence-corrected chi connectivity index (χ1v) is 4.79. The van der Waals surface area contributed by atoms with E-state index >= 15 is 0 Å². The summed E-state index contributed by atoms with van der Waals surface area (Å²) in [5.74, 6) is -0.315. The summed E-state index contributed by atoms with van der Waals surface area (Å²) in [6.07, 6.45) is 1.66. The van der Waals surface area contributed by atoms with Gasteiger partial charge in [-0.15, -0.1) is 0 Å². The Bertz CT molecular complexity index is 476. The molecule has 0 fully saturated rings. The maximum atomic E-state index is 13.6. The van der Waals surface area contributed by atoms with Gasteiger partial charge in [0.1, 0.15) is 5.82 Å². The van der Waals surface area contributed by atoms with Crippen molar-refractivity contribution in [1.29, 1.82) is 0 Å². The Balaban J connectivity index is 2.54. The van der Waals surface area contributed by atoms with Crippen LogP contribution in [0.2, 0.25) is 0 Å². The fourth-order valence-electron chi connectivity index (χ4n) is 1.55. The molecule has 0 spiro atoms. The highest BCUT2D eigenvalue weighted by Crippen LogP contribution is 2.23. The number of nitrogens with zero attached hydrogens (tertiary/aromatic N) is 2. The number of aromatic nitrogens is 2. The molecule has 0 atom stereocenters. The molecular formula is C11H12FN3. The van der Waals surface area contributed by atoms with Crippen molar-refractivity contribution in [3.63, 3.8) is 0 Å². The van der Waals surface area contributed by atoms with E-state index in [4.69, 9.17) is 5.73 Å². The van der Waals surface area contributed by atoms with Crippen LogP contribution in [0.15, 0.2) is 30.5 Å². The van der Waals surface area contributed by atoms with Gasteiger partial charge in [0.25, 0.3) is 0 Å². The molecule has 0 aliphatic rings. The molecular weight excluding hydrogens is 193 g/mol. The van der Waals surface area contributed by atoms with Gasteiger partial charge in [0.15, 0.2) is 0 Å². The van der Waals surface area contributed by atoms with E-state index in [1.54, 1.807) is 29.1 Å². The number of nitrogens with two attached hydrogens (primary N) is 1. The lowest BCUT2D eigenvalue weighted by molar-refractivity contribution is 0.622. The Morgan fingerprint density at radius 2 is 2.20 bits per heavy atom. The van der Waals surface area contributed by atoms with Crippen LogP contribution in [0.1, 0.15) is 6.92 Å². The summed E-state index contributed by atoms with van der Waals surface area (Å²) >= 11 is 0. The molecule has 0 amide bonds. The van der Waals surface area contributed by atoms with Crippen LogP contribution in [-0.4, -0.2) is 9.78 Å². The monoisotopic (exact) mass is 205 g/mol. The van der Waals surface area contributed by atoms with E-state index in [-0.39, 0.29) is 5.82 Å². The quantitative estimate of drug-likeness (QED) is 0.764. The van der Waals surface area contributed by atoms with Gasteiger partial charge in [0.2, 0.25) is 0 Å². The number of hydrogen-bond donors (Lipinski definition) is 1. The lowest BCUT2D eigenvalue weighted by Gasteiger charge is -2.06. The summed E-state index contributed by atoms with van der Waals surface area (Å²) in [5.41, 5.74) is 7.22. The van der Waals surface area contributed by atoms with Gasteiger partial charge in [-0.25, -0.2) is 4.39 Å². The van der Waals surface area contributed by atoms with Crippen molar-refractivity contribution in [3.05, 3.63) is 36.3 Å². The third kappa shape index (κ3) is 1.70. The minimum Gasteiger partial charge on any atom is -0.399 e. The molecule has 15 heavy (non-hydrogen) atoms. The molecule has 0 aliphatic heterocycles. The van der Waals surface area contributed by atoms with Crippen LogP contribution in [0.3, 0.4) is 0 Å². The first-order valence-electron chi connectivity index (χ1n) is 4.79. The molecule has 2 aromatic rings. The van der Waals surface area contributed by atoms with Crippen LogP contribution in [0.5, 0.6) is 0 Å². The average Bonchev–Trinajstić information content (AvgIpc) is 2.65. The fourth-order valence-corrected chi connectivity index (χ4v) is 1.55. The first kappa shape index (κ1) is 9.71. The predicted molar refractivity (Wildman–Crippen MR) is 57.7 cm³/mol. The SMILES string of the molecule is CCn1nccc1-c1ccc(N)cc1F. The zero-order valence-electron chi connectivity index (χ0n) is 8.44. The van der Waals surface area contributed by atoms with E-state index in [0.717, 1.165) is 5.69 Å². The van der Waals surface area contributed by atoms with Crippen molar-refractivity contribution >= 4 is 5.69 Å². The van der Waals surface area contributed by atoms with Gasteiger partial charge in [0.05, 0.1) is 5.69 Å². The van der Waals surface area contributed by atoms with E-state index in [9.17, 15) is 4.39 Å². The number of anilines is 1. The molecule has 2 rings (SSSR count). The number of halogens is 1. The number of nitrogen functional groups attached to an aromatic ring is 1. The summed E-state index contributed by atoms with van der Waals surface area (Å²) in [6.45, 7) is 2.68. The smallest absolute Gasteiger partial charge is 0.134 e. The van der Waals surface area contributed by atoms with Gasteiger partial charge in [-0.1, -0.05) is 0 Å². The highest BCUT2D eigenvalue weighted by atomic mass is 19.1. The Hall–Kier alpha value is -1.84. The molecule has 0 bridgehead atoms. The molecule has 4 heteroatoms. The predicted octanol–water partition coefficient (Wildman–Crippen LogP) is 2.29. The highest BCUT2D eigenvalue weighted by Gasteiger charge is 2.09. The third-order valence-electron chi connectivity index (χ3n) is 2.29. The lowest BCUT2D eigenvalue weighted by atomic mass is 10.1. The second-order valence-electron chi connectivity index (χ2n) is 3.27. The zero-order chi connectivity index (χ0) is 10.8. The third-order valence-corrected chi connectivity index (χ3v) is 2.29. The molecule has 0 radical (unpaired) electrons. The molecule has 3 nitrogen and oxygen atoms in total. The second kappa shape index (κ2) is 3.73. The van der Waals surface area contributed by atoms with E-state index in [1.165, 1.54) is 6.07 Å². The molecule has 1 aromatic carbocycles. The summed E-state index contributed by atoms with van der Waals surface area (Å²) in [5, 5.41) is 4.09. The van der Waals surface area contributed by atoms with Crippen molar-refractivity contribution in [1.82, 2.24) is 9.78 Å².